The minimum Gasteiger partial charge on any atom is -0.377 e. The molecular weight excluding hydrogens is 419 g/mol. The Morgan fingerprint density at radius 3 is 2.19 bits per heavy atom. The molecule has 3 aliphatic rings. The molecule has 2 aromatic carbocycles. The Kier molecular flexibility index (Phi) is 4.09. The number of hydrogen-bond acceptors (Lipinski definition) is 4. The lowest BCUT2D eigenvalue weighted by atomic mass is 9.30. The Balaban J connectivity index is 1.52. The first-order chi connectivity index (χ1) is 14.6. The number of aromatic nitrogens is 4. The minimum atomic E-state index is -3.79. The van der Waals surface area contributed by atoms with Gasteiger partial charge in [0, 0.05) is 17.0 Å². The van der Waals surface area contributed by atoms with Crippen LogP contribution in [0.4, 0.5) is 22.0 Å². The number of alkyl halides is 2. The molecule has 0 saturated heterocycles. The molecule has 3 aromatic rings. The van der Waals surface area contributed by atoms with E-state index in [9.17, 15) is 18.3 Å². The first-order valence-corrected chi connectivity index (χ1v) is 9.64. The highest BCUT2D eigenvalue weighted by atomic mass is 19.3. The molecule has 0 unspecified atom stereocenters. The van der Waals surface area contributed by atoms with Crippen LogP contribution < -0.4 is 0 Å². The van der Waals surface area contributed by atoms with Crippen LogP contribution in [0.2, 0.25) is 0 Å². The van der Waals surface area contributed by atoms with E-state index in [1.54, 1.807) is 12.1 Å². The summed E-state index contributed by atoms with van der Waals surface area (Å²) in [6, 6.07) is 7.81. The van der Waals surface area contributed by atoms with Crippen molar-refractivity contribution in [3.63, 3.8) is 0 Å². The molecule has 0 aliphatic heterocycles. The predicted molar refractivity (Wildman–Crippen MR) is 97.4 cm³/mol. The maximum Gasteiger partial charge on any atom is 0.287 e. The molecule has 1 atom stereocenters. The number of aliphatic hydroxyl groups is 1. The fourth-order valence-corrected chi connectivity index (χ4v) is 5.33. The summed E-state index contributed by atoms with van der Waals surface area (Å²) in [6.07, 6.45) is 1.20. The Labute approximate surface area is 173 Å². The van der Waals surface area contributed by atoms with Crippen LogP contribution in [0, 0.1) is 22.9 Å². The van der Waals surface area contributed by atoms with E-state index in [0.717, 1.165) is 28.7 Å². The van der Waals surface area contributed by atoms with Crippen molar-refractivity contribution in [2.24, 2.45) is 5.41 Å². The van der Waals surface area contributed by atoms with Crippen molar-refractivity contribution >= 4 is 0 Å². The number of halogens is 5. The lowest BCUT2D eigenvalue weighted by Crippen LogP contribution is -2.76. The zero-order valence-corrected chi connectivity index (χ0v) is 16.1. The molecule has 0 amide bonds. The third-order valence-electron chi connectivity index (χ3n) is 6.83. The molecule has 2 bridgehead atoms. The second-order valence-electron chi connectivity index (χ2n) is 8.66. The predicted octanol–water partition coefficient (Wildman–Crippen LogP) is 3.74. The summed E-state index contributed by atoms with van der Waals surface area (Å²) in [5.74, 6) is -6.44. The van der Waals surface area contributed by atoms with Gasteiger partial charge in [-0.25, -0.2) is 26.6 Å². The van der Waals surface area contributed by atoms with E-state index < -0.39 is 51.9 Å². The number of rotatable bonds is 6. The van der Waals surface area contributed by atoms with Gasteiger partial charge in [0.05, 0.1) is 6.54 Å². The lowest BCUT2D eigenvalue weighted by molar-refractivity contribution is -0.347. The van der Waals surface area contributed by atoms with E-state index in [-0.39, 0.29) is 19.3 Å². The summed E-state index contributed by atoms with van der Waals surface area (Å²) in [7, 11) is 0. The van der Waals surface area contributed by atoms with E-state index in [4.69, 9.17) is 0 Å². The van der Waals surface area contributed by atoms with Gasteiger partial charge < -0.3 is 5.11 Å². The summed E-state index contributed by atoms with van der Waals surface area (Å²) in [6.45, 7) is -0.819. The summed E-state index contributed by atoms with van der Waals surface area (Å²) in [5.41, 5.74) is -5.09. The van der Waals surface area contributed by atoms with Crippen LogP contribution in [0.3, 0.4) is 0 Å². The topological polar surface area (TPSA) is 63.8 Å². The number of hydrogen-bond donors (Lipinski definition) is 1. The first-order valence-electron chi connectivity index (χ1n) is 9.64. The van der Waals surface area contributed by atoms with Crippen LogP contribution in [0.25, 0.3) is 0 Å². The van der Waals surface area contributed by atoms with E-state index in [0.29, 0.717) is 6.07 Å². The average molecular weight is 436 g/mol. The quantitative estimate of drug-likeness (QED) is 0.598. The Morgan fingerprint density at radius 1 is 0.968 bits per heavy atom. The van der Waals surface area contributed by atoms with Crippen LogP contribution in [0.5, 0.6) is 0 Å². The van der Waals surface area contributed by atoms with Gasteiger partial charge in [-0.2, -0.15) is 0 Å². The molecule has 31 heavy (non-hydrogen) atoms. The van der Waals surface area contributed by atoms with Crippen molar-refractivity contribution in [3.05, 3.63) is 77.4 Å². The van der Waals surface area contributed by atoms with E-state index in [1.807, 2.05) is 0 Å². The zero-order valence-electron chi connectivity index (χ0n) is 16.1. The third-order valence-corrected chi connectivity index (χ3v) is 6.83. The van der Waals surface area contributed by atoms with Gasteiger partial charge in [-0.15, -0.1) is 5.10 Å². The smallest absolute Gasteiger partial charge is 0.287 e. The molecule has 1 heterocycles. The van der Waals surface area contributed by atoms with Crippen LogP contribution in [0.1, 0.15) is 30.4 Å². The normalized spacial score (nSPS) is 26.6. The van der Waals surface area contributed by atoms with Gasteiger partial charge in [-0.1, -0.05) is 12.1 Å². The summed E-state index contributed by atoms with van der Waals surface area (Å²) in [4.78, 5) is 0. The molecule has 5 nitrogen and oxygen atoms in total. The highest BCUT2D eigenvalue weighted by Gasteiger charge is 2.82. The molecule has 0 radical (unpaired) electrons. The van der Waals surface area contributed by atoms with Gasteiger partial charge in [-0.3, -0.25) is 0 Å². The molecule has 6 rings (SSSR count). The van der Waals surface area contributed by atoms with Crippen molar-refractivity contribution in [3.8, 4) is 0 Å². The van der Waals surface area contributed by atoms with Crippen molar-refractivity contribution in [2.75, 3.05) is 0 Å². The van der Waals surface area contributed by atoms with Crippen LogP contribution >= 0.6 is 0 Å². The standard InChI is InChI=1S/C21H17F5N4O/c22-14-3-1-13(2-4-14)18-8-19(9-18,10-18)21(25,26)20(31,11-30-12-27-28-29-30)16-6-5-15(23)7-17(16)24/h1-7,12,31H,8-11H2/t18?,19?,20-/m0/s1. The van der Waals surface area contributed by atoms with Crippen molar-refractivity contribution in [1.82, 2.24) is 20.2 Å². The summed E-state index contributed by atoms with van der Waals surface area (Å²) < 4.78 is 74.1. The Morgan fingerprint density at radius 2 is 1.61 bits per heavy atom. The monoisotopic (exact) mass is 436 g/mol. The lowest BCUT2D eigenvalue weighted by Gasteiger charge is -2.74. The highest BCUT2D eigenvalue weighted by molar-refractivity contribution is 5.43. The summed E-state index contributed by atoms with van der Waals surface area (Å²) >= 11 is 0. The van der Waals surface area contributed by atoms with Gasteiger partial charge in [0.25, 0.3) is 5.92 Å². The van der Waals surface area contributed by atoms with Gasteiger partial charge in [0.15, 0.2) is 5.60 Å². The largest absolute Gasteiger partial charge is 0.377 e. The second-order valence-corrected chi connectivity index (χ2v) is 8.66. The van der Waals surface area contributed by atoms with Crippen molar-refractivity contribution in [2.45, 2.75) is 42.7 Å². The van der Waals surface area contributed by atoms with Gasteiger partial charge in [0.2, 0.25) is 0 Å². The highest BCUT2D eigenvalue weighted by Crippen LogP contribution is 2.80. The van der Waals surface area contributed by atoms with Crippen LogP contribution in [-0.4, -0.2) is 31.2 Å². The third kappa shape index (κ3) is 2.67. The molecule has 0 spiro atoms. The SMILES string of the molecule is O[C@@](Cn1cnnn1)(c1ccc(F)cc1F)C(F)(F)C12CC(c3ccc(F)cc3)(C1)C2. The molecule has 3 fully saturated rings. The second kappa shape index (κ2) is 6.32. The zero-order chi connectivity index (χ0) is 22.1. The maximum atomic E-state index is 16.0. The Hall–Kier alpha value is -2.88. The van der Waals surface area contributed by atoms with Crippen LogP contribution in [0.15, 0.2) is 48.8 Å². The van der Waals surface area contributed by atoms with Gasteiger partial charge in [0.1, 0.15) is 23.8 Å². The average Bonchev–Trinajstić information content (AvgIpc) is 3.13. The maximum absolute atomic E-state index is 16.0. The molecule has 1 aromatic heterocycles. The van der Waals surface area contributed by atoms with E-state index in [2.05, 4.69) is 15.5 Å². The molecule has 3 aliphatic carbocycles. The fourth-order valence-electron chi connectivity index (χ4n) is 5.33. The minimum absolute atomic E-state index is 0.0549. The fraction of sp³-hybridized carbons (Fsp3) is 0.381. The summed E-state index contributed by atoms with van der Waals surface area (Å²) in [5, 5.41) is 21.6. The molecular formula is C21H17F5N4O. The molecule has 10 heteroatoms. The number of benzene rings is 2. The molecule has 1 N–H and O–H groups in total. The van der Waals surface area contributed by atoms with Crippen LogP contribution in [-0.2, 0) is 17.6 Å². The molecule has 3 saturated carbocycles. The van der Waals surface area contributed by atoms with Gasteiger partial charge >= 0.3 is 0 Å². The van der Waals surface area contributed by atoms with E-state index >= 15 is 8.78 Å². The number of nitrogens with zero attached hydrogens (tertiary/aromatic N) is 4. The first kappa shape index (κ1) is 20.0. The Bertz CT molecular complexity index is 1120. The van der Waals surface area contributed by atoms with E-state index in [1.165, 1.54) is 12.1 Å². The van der Waals surface area contributed by atoms with Crippen molar-refractivity contribution < 1.29 is 27.1 Å². The van der Waals surface area contributed by atoms with Crippen molar-refractivity contribution in [1.29, 1.82) is 0 Å². The van der Waals surface area contributed by atoms with Gasteiger partial charge in [-0.05, 0) is 64.9 Å². The number of tetrazole rings is 1. The molecule has 162 valence electrons.